The monoisotopic (exact) mass is 288 g/mol. The van der Waals surface area contributed by atoms with Crippen molar-refractivity contribution in [3.8, 4) is 0 Å². The summed E-state index contributed by atoms with van der Waals surface area (Å²) in [5.41, 5.74) is 8.04. The first-order chi connectivity index (χ1) is 10.1. The third-order valence-electron chi connectivity index (χ3n) is 3.73. The zero-order chi connectivity index (χ0) is 15.0. The Kier molecular flexibility index (Phi) is 3.33. The van der Waals surface area contributed by atoms with E-state index in [0.717, 1.165) is 30.9 Å². The van der Waals surface area contributed by atoms with Gasteiger partial charge in [-0.05, 0) is 54.7 Å². The van der Waals surface area contributed by atoms with Crippen LogP contribution in [0.5, 0.6) is 0 Å². The molecule has 1 amide bonds. The number of benzene rings is 2. The van der Waals surface area contributed by atoms with Crippen molar-refractivity contribution in [2.45, 2.75) is 19.3 Å². The van der Waals surface area contributed by atoms with Crippen LogP contribution in [0, 0.1) is 11.6 Å². The molecule has 0 aliphatic heterocycles. The third kappa shape index (κ3) is 2.46. The van der Waals surface area contributed by atoms with Crippen LogP contribution in [0.25, 0.3) is 0 Å². The number of carbonyl (C=O) groups is 1. The predicted molar refractivity (Wildman–Crippen MR) is 77.2 cm³/mol. The lowest BCUT2D eigenvalue weighted by atomic mass is 10.1. The zero-order valence-corrected chi connectivity index (χ0v) is 11.2. The number of nitrogens with two attached hydrogens (primary N) is 1. The largest absolute Gasteiger partial charge is 0.397 e. The number of carbonyl (C=O) groups excluding carboxylic acids is 1. The number of rotatable bonds is 2. The number of hydrogen-bond donors (Lipinski definition) is 2. The highest BCUT2D eigenvalue weighted by molar-refractivity contribution is 6.06. The van der Waals surface area contributed by atoms with Gasteiger partial charge in [0, 0.05) is 5.56 Å². The van der Waals surface area contributed by atoms with E-state index in [4.69, 9.17) is 5.73 Å². The highest BCUT2D eigenvalue weighted by Gasteiger charge is 2.17. The molecule has 1 aliphatic carbocycles. The van der Waals surface area contributed by atoms with Crippen molar-refractivity contribution in [1.82, 2.24) is 0 Å². The third-order valence-corrected chi connectivity index (χ3v) is 3.73. The van der Waals surface area contributed by atoms with Crippen molar-refractivity contribution in [3.63, 3.8) is 0 Å². The van der Waals surface area contributed by atoms with Gasteiger partial charge in [0.2, 0.25) is 0 Å². The summed E-state index contributed by atoms with van der Waals surface area (Å²) in [4.78, 5) is 12.2. The second-order valence-electron chi connectivity index (χ2n) is 5.12. The summed E-state index contributed by atoms with van der Waals surface area (Å²) in [6.45, 7) is 0. The topological polar surface area (TPSA) is 55.1 Å². The fourth-order valence-electron chi connectivity index (χ4n) is 2.59. The van der Waals surface area contributed by atoms with Crippen molar-refractivity contribution >= 4 is 17.3 Å². The van der Waals surface area contributed by atoms with Gasteiger partial charge in [0.15, 0.2) is 11.6 Å². The van der Waals surface area contributed by atoms with Gasteiger partial charge in [-0.2, -0.15) is 0 Å². The molecule has 0 bridgehead atoms. The van der Waals surface area contributed by atoms with Gasteiger partial charge in [-0.15, -0.1) is 0 Å². The van der Waals surface area contributed by atoms with Crippen LogP contribution in [0.15, 0.2) is 30.3 Å². The van der Waals surface area contributed by atoms with Crippen LogP contribution in [-0.2, 0) is 12.8 Å². The van der Waals surface area contributed by atoms with Crippen molar-refractivity contribution in [2.24, 2.45) is 0 Å². The lowest BCUT2D eigenvalue weighted by molar-refractivity contribution is 0.102. The average molecular weight is 288 g/mol. The van der Waals surface area contributed by atoms with E-state index in [2.05, 4.69) is 5.32 Å². The van der Waals surface area contributed by atoms with E-state index in [-0.39, 0.29) is 11.4 Å². The molecule has 2 aromatic rings. The molecule has 0 heterocycles. The zero-order valence-electron chi connectivity index (χ0n) is 11.2. The maximum Gasteiger partial charge on any atom is 0.255 e. The fraction of sp³-hybridized carbons (Fsp3) is 0.188. The van der Waals surface area contributed by atoms with Crippen LogP contribution >= 0.6 is 0 Å². The van der Waals surface area contributed by atoms with Crippen molar-refractivity contribution in [1.29, 1.82) is 0 Å². The number of anilines is 2. The number of fused-ring (bicyclic) bond motifs is 1. The summed E-state index contributed by atoms with van der Waals surface area (Å²) >= 11 is 0. The smallest absolute Gasteiger partial charge is 0.255 e. The summed E-state index contributed by atoms with van der Waals surface area (Å²) in [7, 11) is 0. The lowest BCUT2D eigenvalue weighted by Crippen LogP contribution is -2.15. The molecule has 3 N–H and O–H groups in total. The first-order valence-corrected chi connectivity index (χ1v) is 6.73. The lowest BCUT2D eigenvalue weighted by Gasteiger charge is -2.10. The Morgan fingerprint density at radius 1 is 1.10 bits per heavy atom. The minimum atomic E-state index is -1.15. The molecule has 0 spiro atoms. The summed E-state index contributed by atoms with van der Waals surface area (Å²) in [5.74, 6) is -2.70. The summed E-state index contributed by atoms with van der Waals surface area (Å²) in [6, 6.07) is 7.53. The Hall–Kier alpha value is -2.43. The molecule has 0 unspecified atom stereocenters. The van der Waals surface area contributed by atoms with Crippen LogP contribution in [0.1, 0.15) is 27.9 Å². The van der Waals surface area contributed by atoms with Crippen LogP contribution < -0.4 is 11.1 Å². The first kappa shape index (κ1) is 13.5. The Morgan fingerprint density at radius 3 is 2.67 bits per heavy atom. The van der Waals surface area contributed by atoms with Crippen LogP contribution in [-0.4, -0.2) is 5.91 Å². The number of nitrogens with one attached hydrogen (secondary N) is 1. The molecule has 0 radical (unpaired) electrons. The summed E-state index contributed by atoms with van der Waals surface area (Å²) < 4.78 is 26.9. The molecule has 2 aromatic carbocycles. The van der Waals surface area contributed by atoms with E-state index in [1.807, 2.05) is 6.07 Å². The predicted octanol–water partition coefficient (Wildman–Crippen LogP) is 3.29. The van der Waals surface area contributed by atoms with E-state index in [1.54, 1.807) is 12.1 Å². The number of halogens is 2. The molecule has 0 atom stereocenters. The van der Waals surface area contributed by atoms with E-state index in [9.17, 15) is 13.6 Å². The number of amides is 1. The Balaban J connectivity index is 1.89. The van der Waals surface area contributed by atoms with Gasteiger partial charge in [-0.25, -0.2) is 8.78 Å². The Labute approximate surface area is 120 Å². The van der Waals surface area contributed by atoms with Crippen molar-refractivity contribution in [3.05, 3.63) is 58.7 Å². The molecule has 1 aliphatic rings. The standard InChI is InChI=1S/C16H14F2N2O/c17-12-6-7-13(19)15(14(12)18)20-16(21)11-5-4-9-2-1-3-10(9)8-11/h4-8H,1-3,19H2,(H,20,21). The van der Waals surface area contributed by atoms with Gasteiger partial charge in [0.25, 0.3) is 5.91 Å². The van der Waals surface area contributed by atoms with E-state index in [1.165, 1.54) is 11.6 Å². The van der Waals surface area contributed by atoms with Gasteiger partial charge in [-0.3, -0.25) is 4.79 Å². The van der Waals surface area contributed by atoms with E-state index in [0.29, 0.717) is 5.56 Å². The van der Waals surface area contributed by atoms with Gasteiger partial charge in [0.1, 0.15) is 5.69 Å². The summed E-state index contributed by atoms with van der Waals surface area (Å²) in [5, 5.41) is 2.35. The van der Waals surface area contributed by atoms with Crippen LogP contribution in [0.2, 0.25) is 0 Å². The van der Waals surface area contributed by atoms with Gasteiger partial charge in [-0.1, -0.05) is 6.07 Å². The van der Waals surface area contributed by atoms with Gasteiger partial charge in [0.05, 0.1) is 5.69 Å². The average Bonchev–Trinajstić information content (AvgIpc) is 2.94. The molecule has 5 heteroatoms. The van der Waals surface area contributed by atoms with Crippen LogP contribution in [0.4, 0.5) is 20.2 Å². The molecule has 0 saturated heterocycles. The second kappa shape index (κ2) is 5.16. The summed E-state index contributed by atoms with van der Waals surface area (Å²) in [6.07, 6.45) is 3.03. The molecule has 108 valence electrons. The first-order valence-electron chi connectivity index (χ1n) is 6.73. The second-order valence-corrected chi connectivity index (χ2v) is 5.12. The molecule has 3 nitrogen and oxygen atoms in total. The molecule has 0 aromatic heterocycles. The maximum absolute atomic E-state index is 13.7. The minimum absolute atomic E-state index is 0.0107. The van der Waals surface area contributed by atoms with Crippen molar-refractivity contribution < 1.29 is 13.6 Å². The maximum atomic E-state index is 13.7. The molecular weight excluding hydrogens is 274 g/mol. The molecule has 0 saturated carbocycles. The van der Waals surface area contributed by atoms with Crippen LogP contribution in [0.3, 0.4) is 0 Å². The van der Waals surface area contributed by atoms with E-state index < -0.39 is 17.5 Å². The van der Waals surface area contributed by atoms with Gasteiger partial charge >= 0.3 is 0 Å². The normalized spacial score (nSPS) is 13.0. The molecule has 21 heavy (non-hydrogen) atoms. The minimum Gasteiger partial charge on any atom is -0.397 e. The Bertz CT molecular complexity index is 728. The fourth-order valence-corrected chi connectivity index (χ4v) is 2.59. The molecule has 0 fully saturated rings. The number of nitrogen functional groups attached to an aromatic ring is 1. The van der Waals surface area contributed by atoms with E-state index >= 15 is 0 Å². The number of aryl methyl sites for hydroxylation is 2. The number of hydrogen-bond acceptors (Lipinski definition) is 2. The highest BCUT2D eigenvalue weighted by atomic mass is 19.2. The van der Waals surface area contributed by atoms with Crippen molar-refractivity contribution in [2.75, 3.05) is 11.1 Å². The quantitative estimate of drug-likeness (QED) is 0.833. The highest BCUT2D eigenvalue weighted by Crippen LogP contribution is 2.26. The van der Waals surface area contributed by atoms with Gasteiger partial charge < -0.3 is 11.1 Å². The molecule has 3 rings (SSSR count). The SMILES string of the molecule is Nc1ccc(F)c(F)c1NC(=O)c1ccc2c(c1)CCC2. The molecular formula is C16H14F2N2O. The Morgan fingerprint density at radius 2 is 1.86 bits per heavy atom.